The number of ether oxygens (including phenoxy) is 1. The number of imidazole rings is 1. The molecule has 0 atom stereocenters. The third-order valence-corrected chi connectivity index (χ3v) is 12.0. The van der Waals surface area contributed by atoms with Crippen molar-refractivity contribution >= 4 is 76.6 Å². The molecule has 5 aromatic heterocycles. The van der Waals surface area contributed by atoms with Gasteiger partial charge in [0, 0.05) is 44.6 Å². The van der Waals surface area contributed by atoms with E-state index < -0.39 is 0 Å². The van der Waals surface area contributed by atoms with Gasteiger partial charge < -0.3 is 9.14 Å². The van der Waals surface area contributed by atoms with Crippen molar-refractivity contribution in [2.75, 3.05) is 0 Å². The van der Waals surface area contributed by atoms with Crippen LogP contribution in [0.5, 0.6) is 11.5 Å². The predicted molar refractivity (Wildman–Crippen MR) is 242 cm³/mol. The van der Waals surface area contributed by atoms with Crippen LogP contribution in [0.25, 0.3) is 93.0 Å². The predicted octanol–water partition coefficient (Wildman–Crippen LogP) is 13.0. The Hall–Kier alpha value is -7.95. The maximum absolute atomic E-state index is 8.11. The first kappa shape index (κ1) is 34.1. The van der Waals surface area contributed by atoms with Gasteiger partial charge in [-0.05, 0) is 83.8 Å². The van der Waals surface area contributed by atoms with Crippen molar-refractivity contribution in [1.82, 2.24) is 18.5 Å². The van der Waals surface area contributed by atoms with E-state index in [1.807, 2.05) is 35.0 Å². The molecule has 0 saturated carbocycles. The van der Waals surface area contributed by atoms with E-state index in [0.29, 0.717) is 17.2 Å². The first-order chi connectivity index (χ1) is 29.3. The molecule has 0 spiro atoms. The Kier molecular flexibility index (Phi) is 7.12. The molecule has 0 aliphatic rings. The van der Waals surface area contributed by atoms with E-state index in [2.05, 4.69) is 173 Å². The molecule has 12 rings (SSSR count). The number of para-hydroxylation sites is 5. The van der Waals surface area contributed by atoms with Crippen LogP contribution in [0.15, 0.2) is 164 Å². The number of pyridine rings is 1. The van der Waals surface area contributed by atoms with Crippen molar-refractivity contribution in [2.45, 2.75) is 26.2 Å². The molecule has 7 aromatic carbocycles. The minimum absolute atomic E-state index is 0.0316. The van der Waals surface area contributed by atoms with E-state index in [0.717, 1.165) is 50.0 Å². The summed E-state index contributed by atoms with van der Waals surface area (Å²) in [7, 11) is 0. The molecule has 0 bridgehead atoms. The first-order valence-corrected chi connectivity index (χ1v) is 20.2. The molecule has 0 fully saturated rings. The highest BCUT2D eigenvalue weighted by molar-refractivity contribution is 6.23. The molecular formula is C53H36N6O. The smallest absolute Gasteiger partial charge is 0.269 e. The quantitative estimate of drug-likeness (QED) is 0.129. The summed E-state index contributed by atoms with van der Waals surface area (Å²) in [6.45, 7) is 14.8. The molecule has 0 unspecified atom stereocenters. The summed E-state index contributed by atoms with van der Waals surface area (Å²) >= 11 is 0. The van der Waals surface area contributed by atoms with Gasteiger partial charge in [-0.2, -0.15) is 0 Å². The molecule has 0 aliphatic heterocycles. The summed E-state index contributed by atoms with van der Waals surface area (Å²) in [6.07, 6.45) is 5.59. The molecule has 0 saturated heterocycles. The second kappa shape index (κ2) is 12.5. The number of fused-ring (bicyclic) bond motifs is 10. The van der Waals surface area contributed by atoms with Crippen LogP contribution in [0, 0.1) is 12.9 Å². The topological polar surface area (TPSA) is 44.6 Å². The zero-order chi connectivity index (χ0) is 40.3. The number of benzene rings is 7. The third-order valence-electron chi connectivity index (χ3n) is 12.0. The summed E-state index contributed by atoms with van der Waals surface area (Å²) in [6, 6.07) is 54.8. The monoisotopic (exact) mass is 772 g/mol. The fraction of sp³-hybridized carbons (Fsp3) is 0.0755. The molecule has 7 heteroatoms. The molecule has 0 amide bonds. The minimum Gasteiger partial charge on any atom is -0.459 e. The van der Waals surface area contributed by atoms with E-state index in [1.54, 1.807) is 6.07 Å². The Morgan fingerprint density at radius 3 is 1.93 bits per heavy atom. The van der Waals surface area contributed by atoms with Crippen LogP contribution in [0.1, 0.15) is 26.3 Å². The van der Waals surface area contributed by atoms with Gasteiger partial charge in [0.15, 0.2) is 5.69 Å². The maximum atomic E-state index is 8.11. The molecule has 60 heavy (non-hydrogen) atoms. The summed E-state index contributed by atoms with van der Waals surface area (Å²) in [5, 5.41) is 7.09. The van der Waals surface area contributed by atoms with Gasteiger partial charge in [0.1, 0.15) is 17.3 Å². The van der Waals surface area contributed by atoms with Gasteiger partial charge >= 0.3 is 0 Å². The summed E-state index contributed by atoms with van der Waals surface area (Å²) < 4.78 is 15.5. The van der Waals surface area contributed by atoms with Crippen molar-refractivity contribution in [2.24, 2.45) is 0 Å². The Balaban J connectivity index is 0.998. The van der Waals surface area contributed by atoms with Crippen LogP contribution in [0.4, 0.5) is 5.69 Å². The van der Waals surface area contributed by atoms with Gasteiger partial charge in [-0.1, -0.05) is 99.6 Å². The Morgan fingerprint density at radius 2 is 1.23 bits per heavy atom. The van der Waals surface area contributed by atoms with E-state index in [-0.39, 0.29) is 5.41 Å². The Labute approximate surface area is 345 Å². The van der Waals surface area contributed by atoms with Crippen molar-refractivity contribution in [3.63, 3.8) is 0 Å². The maximum Gasteiger partial charge on any atom is 0.269 e. The lowest BCUT2D eigenvalue weighted by atomic mass is 9.88. The van der Waals surface area contributed by atoms with Crippen LogP contribution in [0.2, 0.25) is 0 Å². The highest BCUT2D eigenvalue weighted by atomic mass is 16.5. The number of aromatic nitrogens is 5. The lowest BCUT2D eigenvalue weighted by Crippen LogP contribution is -2.29. The first-order valence-electron chi connectivity index (χ1n) is 20.2. The van der Waals surface area contributed by atoms with E-state index >= 15 is 0 Å². The van der Waals surface area contributed by atoms with Crippen LogP contribution in [-0.4, -0.2) is 18.5 Å². The van der Waals surface area contributed by atoms with Crippen LogP contribution >= 0.6 is 0 Å². The second-order valence-corrected chi connectivity index (χ2v) is 16.6. The van der Waals surface area contributed by atoms with Gasteiger partial charge in [0.05, 0.1) is 56.6 Å². The molecule has 12 aromatic rings. The third kappa shape index (κ3) is 5.01. The van der Waals surface area contributed by atoms with E-state index in [9.17, 15) is 0 Å². The lowest BCUT2D eigenvalue weighted by Gasteiger charge is -2.20. The highest BCUT2D eigenvalue weighted by Gasteiger charge is 2.22. The molecular weight excluding hydrogens is 737 g/mol. The van der Waals surface area contributed by atoms with E-state index in [4.69, 9.17) is 16.3 Å². The van der Waals surface area contributed by atoms with Gasteiger partial charge in [0.25, 0.3) is 6.33 Å². The standard InChI is InChI=1S/C53H36N6O/c1-53(2,3)33-23-24-55-51(25-33)58-45-16-8-5-13-39(45)42-22-21-37(31-50(42)58)60-38-27-34(54-4)26-35(28-38)56-32-57(49-20-12-11-19-48(49)56)36-29-43-40-14-6-9-17-46(40)59-47-18-10-7-15-41(47)44(30-36)52(43)59/h5-31H,1-3H3. The molecule has 0 radical (unpaired) electrons. The fourth-order valence-electron chi connectivity index (χ4n) is 9.23. The summed E-state index contributed by atoms with van der Waals surface area (Å²) in [5.41, 5.74) is 11.1. The van der Waals surface area contributed by atoms with Crippen molar-refractivity contribution in [3.05, 3.63) is 187 Å². The average Bonchev–Trinajstić information content (AvgIpc) is 4.02. The fourth-order valence-corrected chi connectivity index (χ4v) is 9.23. The van der Waals surface area contributed by atoms with E-state index in [1.165, 1.54) is 43.7 Å². The molecule has 0 aliphatic carbocycles. The van der Waals surface area contributed by atoms with Gasteiger partial charge in [-0.3, -0.25) is 13.7 Å². The molecule has 7 nitrogen and oxygen atoms in total. The van der Waals surface area contributed by atoms with Gasteiger partial charge in [0.2, 0.25) is 0 Å². The van der Waals surface area contributed by atoms with Gasteiger partial charge in [-0.25, -0.2) is 9.83 Å². The van der Waals surface area contributed by atoms with Crippen LogP contribution in [-0.2, 0) is 5.41 Å². The van der Waals surface area contributed by atoms with Crippen molar-refractivity contribution in [3.8, 4) is 28.7 Å². The Bertz CT molecular complexity index is 3670. The number of rotatable bonds is 5. The normalized spacial score (nSPS) is 12.2. The SMILES string of the molecule is [C-]#[N+]c1cc(Oc2ccc3c4ccccc4n(-c4cc(C(C)(C)C)ccn4)c3c2)cc(-n2[c-][n+](-c3cc4c5ccccc5n5c6ccccc6c(c3)c45)c3ccccc32)c1. The zero-order valence-corrected chi connectivity index (χ0v) is 33.2. The van der Waals surface area contributed by atoms with Crippen LogP contribution < -0.4 is 9.30 Å². The number of hydrogen-bond acceptors (Lipinski definition) is 2. The van der Waals surface area contributed by atoms with Crippen molar-refractivity contribution < 1.29 is 9.30 Å². The average molecular weight is 773 g/mol. The van der Waals surface area contributed by atoms with Crippen molar-refractivity contribution in [1.29, 1.82) is 0 Å². The highest BCUT2D eigenvalue weighted by Crippen LogP contribution is 2.41. The lowest BCUT2D eigenvalue weighted by molar-refractivity contribution is -0.572. The Morgan fingerprint density at radius 1 is 0.600 bits per heavy atom. The summed E-state index contributed by atoms with van der Waals surface area (Å²) in [4.78, 5) is 8.75. The second-order valence-electron chi connectivity index (χ2n) is 16.6. The number of nitrogens with zero attached hydrogens (tertiary/aromatic N) is 6. The molecule has 0 N–H and O–H groups in total. The summed E-state index contributed by atoms with van der Waals surface area (Å²) in [5.74, 6) is 2.08. The largest absolute Gasteiger partial charge is 0.459 e. The van der Waals surface area contributed by atoms with Crippen LogP contribution in [0.3, 0.4) is 0 Å². The van der Waals surface area contributed by atoms with Gasteiger partial charge in [-0.15, -0.1) is 0 Å². The molecule has 284 valence electrons. The number of hydrogen-bond donors (Lipinski definition) is 0. The zero-order valence-electron chi connectivity index (χ0n) is 33.2. The molecule has 5 heterocycles. The minimum atomic E-state index is -0.0316.